The molecule has 0 aromatic heterocycles. The van der Waals surface area contributed by atoms with Gasteiger partial charge in [0.2, 0.25) is 5.91 Å². The van der Waals surface area contributed by atoms with Crippen molar-refractivity contribution in [1.82, 2.24) is 4.90 Å². The SMILES string of the molecule is O=C(CCC(=O)c1ccc(F)cc1)Nc1ccc(CN2CCOCC2)cc1. The molecule has 5 nitrogen and oxygen atoms in total. The summed E-state index contributed by atoms with van der Waals surface area (Å²) in [5.41, 5.74) is 2.30. The molecule has 1 aliphatic rings. The molecular formula is C21H23FN2O3. The van der Waals surface area contributed by atoms with Crippen molar-refractivity contribution in [2.24, 2.45) is 0 Å². The zero-order chi connectivity index (χ0) is 19.1. The summed E-state index contributed by atoms with van der Waals surface area (Å²) in [5, 5.41) is 2.80. The number of nitrogens with zero attached hydrogens (tertiary/aromatic N) is 1. The molecule has 0 unspecified atom stereocenters. The largest absolute Gasteiger partial charge is 0.379 e. The molecule has 1 amide bonds. The van der Waals surface area contributed by atoms with E-state index < -0.39 is 0 Å². The minimum Gasteiger partial charge on any atom is -0.379 e. The van der Waals surface area contributed by atoms with Crippen molar-refractivity contribution in [2.75, 3.05) is 31.6 Å². The first-order chi connectivity index (χ1) is 13.1. The average molecular weight is 370 g/mol. The van der Waals surface area contributed by atoms with E-state index in [1.165, 1.54) is 29.8 Å². The van der Waals surface area contributed by atoms with Gasteiger partial charge >= 0.3 is 0 Å². The molecule has 1 N–H and O–H groups in total. The highest BCUT2D eigenvalue weighted by atomic mass is 19.1. The van der Waals surface area contributed by atoms with E-state index in [1.54, 1.807) is 0 Å². The van der Waals surface area contributed by atoms with Crippen LogP contribution in [0.15, 0.2) is 48.5 Å². The van der Waals surface area contributed by atoms with Crippen molar-refractivity contribution in [2.45, 2.75) is 19.4 Å². The molecule has 1 aliphatic heterocycles. The lowest BCUT2D eigenvalue weighted by Gasteiger charge is -2.26. The van der Waals surface area contributed by atoms with Gasteiger partial charge in [0.25, 0.3) is 0 Å². The lowest BCUT2D eigenvalue weighted by molar-refractivity contribution is -0.116. The molecule has 0 aliphatic carbocycles. The summed E-state index contributed by atoms with van der Waals surface area (Å²) in [4.78, 5) is 26.4. The van der Waals surface area contributed by atoms with Gasteiger partial charge in [-0.25, -0.2) is 4.39 Å². The van der Waals surface area contributed by atoms with Gasteiger partial charge in [0.05, 0.1) is 13.2 Å². The van der Waals surface area contributed by atoms with Gasteiger partial charge < -0.3 is 10.1 Å². The number of carbonyl (C=O) groups is 2. The first kappa shape index (κ1) is 19.2. The van der Waals surface area contributed by atoms with Gasteiger partial charge in [-0.1, -0.05) is 12.1 Å². The van der Waals surface area contributed by atoms with Gasteiger partial charge in [0.1, 0.15) is 5.82 Å². The van der Waals surface area contributed by atoms with Gasteiger partial charge in [-0.3, -0.25) is 14.5 Å². The Morgan fingerprint density at radius 1 is 0.963 bits per heavy atom. The van der Waals surface area contributed by atoms with E-state index in [4.69, 9.17) is 4.74 Å². The minimum atomic E-state index is -0.388. The second-order valence-corrected chi connectivity index (χ2v) is 6.56. The first-order valence-electron chi connectivity index (χ1n) is 9.08. The minimum absolute atomic E-state index is 0.0890. The third-order valence-electron chi connectivity index (χ3n) is 4.49. The lowest BCUT2D eigenvalue weighted by atomic mass is 10.1. The summed E-state index contributed by atoms with van der Waals surface area (Å²) in [6.45, 7) is 4.26. The third-order valence-corrected chi connectivity index (χ3v) is 4.49. The lowest BCUT2D eigenvalue weighted by Crippen LogP contribution is -2.35. The highest BCUT2D eigenvalue weighted by Crippen LogP contribution is 2.14. The van der Waals surface area contributed by atoms with E-state index >= 15 is 0 Å². The maximum absolute atomic E-state index is 12.9. The Labute approximate surface area is 158 Å². The number of ketones is 1. The molecule has 2 aromatic rings. The van der Waals surface area contributed by atoms with E-state index in [2.05, 4.69) is 10.2 Å². The van der Waals surface area contributed by atoms with Crippen LogP contribution in [0.4, 0.5) is 10.1 Å². The molecule has 0 atom stereocenters. The molecule has 142 valence electrons. The highest BCUT2D eigenvalue weighted by molar-refractivity contribution is 5.99. The van der Waals surface area contributed by atoms with Crippen LogP contribution in [0.5, 0.6) is 0 Å². The average Bonchev–Trinajstić information content (AvgIpc) is 2.69. The van der Waals surface area contributed by atoms with Gasteiger partial charge in [-0.15, -0.1) is 0 Å². The summed E-state index contributed by atoms with van der Waals surface area (Å²) >= 11 is 0. The number of Topliss-reactive ketones (excluding diaryl/α,β-unsaturated/α-hetero) is 1. The van der Waals surface area contributed by atoms with E-state index in [-0.39, 0.29) is 30.3 Å². The number of benzene rings is 2. The van der Waals surface area contributed by atoms with Crippen molar-refractivity contribution in [3.63, 3.8) is 0 Å². The predicted octanol–water partition coefficient (Wildman–Crippen LogP) is 3.26. The van der Waals surface area contributed by atoms with Crippen LogP contribution in [0.3, 0.4) is 0 Å². The van der Waals surface area contributed by atoms with E-state index in [0.717, 1.165) is 32.8 Å². The number of ether oxygens (including phenoxy) is 1. The zero-order valence-corrected chi connectivity index (χ0v) is 15.1. The Morgan fingerprint density at radius 3 is 2.30 bits per heavy atom. The van der Waals surface area contributed by atoms with E-state index in [9.17, 15) is 14.0 Å². The Kier molecular flexibility index (Phi) is 6.68. The number of rotatable bonds is 7. The molecule has 1 heterocycles. The number of carbonyl (C=O) groups excluding carboxylic acids is 2. The number of halogens is 1. The van der Waals surface area contributed by atoms with Crippen LogP contribution in [-0.2, 0) is 16.1 Å². The predicted molar refractivity (Wildman–Crippen MR) is 101 cm³/mol. The Balaban J connectivity index is 1.44. The normalized spacial score (nSPS) is 14.7. The molecule has 6 heteroatoms. The van der Waals surface area contributed by atoms with E-state index in [1.807, 2.05) is 24.3 Å². The quantitative estimate of drug-likeness (QED) is 0.760. The van der Waals surface area contributed by atoms with Crippen molar-refractivity contribution in [1.29, 1.82) is 0 Å². The van der Waals surface area contributed by atoms with Crippen LogP contribution < -0.4 is 5.32 Å². The highest BCUT2D eigenvalue weighted by Gasteiger charge is 2.12. The molecule has 3 rings (SSSR count). The molecule has 1 fully saturated rings. The number of anilines is 1. The molecular weight excluding hydrogens is 347 g/mol. The Bertz CT molecular complexity index is 769. The first-order valence-corrected chi connectivity index (χ1v) is 9.08. The van der Waals surface area contributed by atoms with Crippen LogP contribution in [0.1, 0.15) is 28.8 Å². The molecule has 2 aromatic carbocycles. The summed E-state index contributed by atoms with van der Waals surface area (Å²) in [6, 6.07) is 13.1. The fraction of sp³-hybridized carbons (Fsp3) is 0.333. The monoisotopic (exact) mass is 370 g/mol. The maximum Gasteiger partial charge on any atom is 0.224 e. The zero-order valence-electron chi connectivity index (χ0n) is 15.1. The third kappa shape index (κ3) is 5.98. The van der Waals surface area contributed by atoms with Crippen LogP contribution in [-0.4, -0.2) is 42.9 Å². The number of hydrogen-bond acceptors (Lipinski definition) is 4. The van der Waals surface area contributed by atoms with Gasteiger partial charge in [0.15, 0.2) is 5.78 Å². The molecule has 0 spiro atoms. The van der Waals surface area contributed by atoms with Crippen molar-refractivity contribution >= 4 is 17.4 Å². The summed E-state index contributed by atoms with van der Waals surface area (Å²) < 4.78 is 18.2. The van der Waals surface area contributed by atoms with E-state index in [0.29, 0.717) is 11.3 Å². The number of amides is 1. The summed E-state index contributed by atoms with van der Waals surface area (Å²) in [7, 11) is 0. The summed E-state index contributed by atoms with van der Waals surface area (Å²) in [5.74, 6) is -0.779. The number of morpholine rings is 1. The van der Waals surface area contributed by atoms with Gasteiger partial charge in [0, 0.05) is 43.7 Å². The number of nitrogens with one attached hydrogen (secondary N) is 1. The fourth-order valence-electron chi connectivity index (χ4n) is 2.94. The van der Waals surface area contributed by atoms with Crippen LogP contribution >= 0.6 is 0 Å². The van der Waals surface area contributed by atoms with Crippen LogP contribution in [0, 0.1) is 5.82 Å². The second-order valence-electron chi connectivity index (χ2n) is 6.56. The standard InChI is InChI=1S/C21H23FN2O3/c22-18-5-3-17(4-6-18)20(25)9-10-21(26)23-19-7-1-16(2-8-19)15-24-11-13-27-14-12-24/h1-8H,9-15H2,(H,23,26). The topological polar surface area (TPSA) is 58.6 Å². The second kappa shape index (κ2) is 9.39. The molecule has 0 saturated carbocycles. The van der Waals surface area contributed by atoms with Gasteiger partial charge in [-0.05, 0) is 42.0 Å². The van der Waals surface area contributed by atoms with Crippen molar-refractivity contribution < 1.29 is 18.7 Å². The fourth-order valence-corrected chi connectivity index (χ4v) is 2.94. The Morgan fingerprint density at radius 2 is 1.63 bits per heavy atom. The van der Waals surface area contributed by atoms with Crippen LogP contribution in [0.2, 0.25) is 0 Å². The van der Waals surface area contributed by atoms with Crippen LogP contribution in [0.25, 0.3) is 0 Å². The Hall–Kier alpha value is -2.57. The van der Waals surface area contributed by atoms with Crippen molar-refractivity contribution in [3.05, 3.63) is 65.5 Å². The molecule has 0 bridgehead atoms. The smallest absolute Gasteiger partial charge is 0.224 e. The summed E-state index contributed by atoms with van der Waals surface area (Å²) in [6.07, 6.45) is 0.179. The molecule has 1 saturated heterocycles. The molecule has 27 heavy (non-hydrogen) atoms. The van der Waals surface area contributed by atoms with Crippen molar-refractivity contribution in [3.8, 4) is 0 Å². The van der Waals surface area contributed by atoms with Gasteiger partial charge in [-0.2, -0.15) is 0 Å². The number of hydrogen-bond donors (Lipinski definition) is 1. The molecule has 0 radical (unpaired) electrons. The maximum atomic E-state index is 12.9.